The van der Waals surface area contributed by atoms with Crippen molar-refractivity contribution in [3.8, 4) is 0 Å². The Morgan fingerprint density at radius 1 is 1.21 bits per heavy atom. The number of fused-ring (bicyclic) bond motifs is 5. The molecule has 144 valence electrons. The van der Waals surface area contributed by atoms with Crippen LogP contribution in [0, 0.1) is 5.92 Å². The number of benzene rings is 1. The van der Waals surface area contributed by atoms with Crippen molar-refractivity contribution in [1.82, 2.24) is 14.5 Å². The summed E-state index contributed by atoms with van der Waals surface area (Å²) < 4.78 is 1.86. The smallest absolute Gasteiger partial charge is 0.325 e. The number of nitrogens with zero attached hydrogens (tertiary/aromatic N) is 2. The molecular weight excluding hydrogens is 378 g/mol. The molecule has 1 fully saturated rings. The molecule has 28 heavy (non-hydrogen) atoms. The molecule has 7 heteroatoms. The van der Waals surface area contributed by atoms with Crippen LogP contribution in [0.1, 0.15) is 29.6 Å². The van der Waals surface area contributed by atoms with Crippen LogP contribution in [0.3, 0.4) is 0 Å². The standard InChI is InChI=1S/C21H20ClN3O3/c22-14-4-5-15-16(8-23-17(15)7-14)20(21(27)28)24-9-12-6-13(11-24)18-2-1-3-19(26)25(18)10-12/h1-5,7-8,12-13,20,23H,6,9-11H2,(H,27,28)/t12-,13-,20-/m0/s1. The summed E-state index contributed by atoms with van der Waals surface area (Å²) >= 11 is 6.07. The van der Waals surface area contributed by atoms with E-state index in [0.717, 1.165) is 28.6 Å². The van der Waals surface area contributed by atoms with Gasteiger partial charge in [0, 0.05) is 65.0 Å². The molecule has 2 bridgehead atoms. The Morgan fingerprint density at radius 3 is 2.89 bits per heavy atom. The first-order valence-electron chi connectivity index (χ1n) is 9.44. The Hall–Kier alpha value is -2.57. The first-order chi connectivity index (χ1) is 13.5. The van der Waals surface area contributed by atoms with Gasteiger partial charge in [-0.3, -0.25) is 14.5 Å². The number of H-pyrrole nitrogens is 1. The second-order valence-electron chi connectivity index (χ2n) is 7.83. The van der Waals surface area contributed by atoms with Crippen LogP contribution in [0.25, 0.3) is 10.9 Å². The van der Waals surface area contributed by atoms with Gasteiger partial charge >= 0.3 is 5.97 Å². The van der Waals surface area contributed by atoms with Gasteiger partial charge in [-0.2, -0.15) is 0 Å². The molecule has 2 aromatic heterocycles. The lowest BCUT2D eigenvalue weighted by Gasteiger charge is -2.44. The molecule has 3 atom stereocenters. The first kappa shape index (κ1) is 17.5. The summed E-state index contributed by atoms with van der Waals surface area (Å²) in [5.41, 5.74) is 2.64. The number of hydrogen-bond acceptors (Lipinski definition) is 3. The third-order valence-corrected chi connectivity index (χ3v) is 6.31. The molecule has 0 amide bonds. The summed E-state index contributed by atoms with van der Waals surface area (Å²) in [6.45, 7) is 1.93. The van der Waals surface area contributed by atoms with Gasteiger partial charge in [-0.15, -0.1) is 0 Å². The molecular formula is C21H20ClN3O3. The molecule has 2 aliphatic heterocycles. The van der Waals surface area contributed by atoms with Crippen LogP contribution >= 0.6 is 11.6 Å². The highest BCUT2D eigenvalue weighted by molar-refractivity contribution is 6.31. The molecule has 0 unspecified atom stereocenters. The lowest BCUT2D eigenvalue weighted by Crippen LogP contribution is -2.49. The molecule has 0 aliphatic carbocycles. The number of hydrogen-bond donors (Lipinski definition) is 2. The molecule has 2 aliphatic rings. The molecule has 0 spiro atoms. The fraction of sp³-hybridized carbons (Fsp3) is 0.333. The van der Waals surface area contributed by atoms with Gasteiger partial charge in [-0.05, 0) is 30.5 Å². The number of pyridine rings is 1. The van der Waals surface area contributed by atoms with Crippen molar-refractivity contribution in [3.63, 3.8) is 0 Å². The van der Waals surface area contributed by atoms with Gasteiger partial charge in [0.2, 0.25) is 0 Å². The van der Waals surface area contributed by atoms with Crippen molar-refractivity contribution in [2.75, 3.05) is 13.1 Å². The Kier molecular flexibility index (Phi) is 4.07. The maximum atomic E-state index is 12.3. The van der Waals surface area contributed by atoms with Crippen molar-refractivity contribution < 1.29 is 9.90 Å². The monoisotopic (exact) mass is 397 g/mol. The molecule has 1 saturated heterocycles. The highest BCUT2D eigenvalue weighted by atomic mass is 35.5. The number of likely N-dealkylation sites (tertiary alicyclic amines) is 1. The van der Waals surface area contributed by atoms with E-state index in [1.165, 1.54) is 0 Å². The summed E-state index contributed by atoms with van der Waals surface area (Å²) in [4.78, 5) is 29.7. The van der Waals surface area contributed by atoms with Gasteiger partial charge < -0.3 is 14.7 Å². The van der Waals surface area contributed by atoms with Crippen LogP contribution < -0.4 is 5.56 Å². The topological polar surface area (TPSA) is 78.3 Å². The largest absolute Gasteiger partial charge is 0.480 e. The third kappa shape index (κ3) is 2.75. The number of nitrogens with one attached hydrogen (secondary N) is 1. The molecule has 0 radical (unpaired) electrons. The van der Waals surface area contributed by atoms with Crippen LogP contribution in [0.5, 0.6) is 0 Å². The minimum atomic E-state index is -0.860. The molecule has 3 aromatic rings. The van der Waals surface area contributed by atoms with Crippen LogP contribution in [-0.2, 0) is 11.3 Å². The second-order valence-corrected chi connectivity index (χ2v) is 8.26. The highest BCUT2D eigenvalue weighted by Gasteiger charge is 2.40. The average Bonchev–Trinajstić information content (AvgIpc) is 3.05. The van der Waals surface area contributed by atoms with Crippen molar-refractivity contribution in [3.05, 3.63) is 69.2 Å². The second kappa shape index (κ2) is 6.50. The Balaban J connectivity index is 1.54. The van der Waals surface area contributed by atoms with Gasteiger partial charge in [-0.25, -0.2) is 0 Å². The number of carboxylic acid groups (broad SMARTS) is 1. The van der Waals surface area contributed by atoms with E-state index in [0.29, 0.717) is 24.7 Å². The van der Waals surface area contributed by atoms with Crippen molar-refractivity contribution in [2.24, 2.45) is 5.92 Å². The van der Waals surface area contributed by atoms with Gasteiger partial charge in [0.05, 0.1) is 0 Å². The van der Waals surface area contributed by atoms with E-state index in [2.05, 4.69) is 9.88 Å². The molecule has 4 heterocycles. The Labute approximate surface area is 166 Å². The molecule has 1 aromatic carbocycles. The lowest BCUT2D eigenvalue weighted by atomic mass is 9.82. The maximum absolute atomic E-state index is 12.3. The minimum absolute atomic E-state index is 0.0314. The van der Waals surface area contributed by atoms with E-state index < -0.39 is 12.0 Å². The normalized spacial score (nSPS) is 22.8. The van der Waals surface area contributed by atoms with Crippen LogP contribution in [0.15, 0.2) is 47.4 Å². The SMILES string of the molecule is O=C(O)[C@H](c1c[nH]c2cc(Cl)ccc12)N1C[C@@H]2C[C@@H](C1)c1cccc(=O)n1C2. The lowest BCUT2D eigenvalue weighted by molar-refractivity contribution is -0.144. The van der Waals surface area contributed by atoms with Crippen molar-refractivity contribution in [2.45, 2.75) is 24.9 Å². The summed E-state index contributed by atoms with van der Waals surface area (Å²) in [6.07, 6.45) is 2.78. The molecule has 5 rings (SSSR count). The van der Waals surface area contributed by atoms with E-state index in [9.17, 15) is 14.7 Å². The predicted molar refractivity (Wildman–Crippen MR) is 107 cm³/mol. The van der Waals surface area contributed by atoms with E-state index >= 15 is 0 Å². The Morgan fingerprint density at radius 2 is 2.07 bits per heavy atom. The van der Waals surface area contributed by atoms with E-state index in [4.69, 9.17) is 11.6 Å². The van der Waals surface area contributed by atoms with Crippen LogP contribution in [0.4, 0.5) is 0 Å². The zero-order valence-corrected chi connectivity index (χ0v) is 15.9. The average molecular weight is 398 g/mol. The van der Waals surface area contributed by atoms with Crippen LogP contribution in [0.2, 0.25) is 5.02 Å². The summed E-state index contributed by atoms with van der Waals surface area (Å²) in [5, 5.41) is 11.6. The van der Waals surface area contributed by atoms with E-state index in [1.54, 1.807) is 24.4 Å². The molecule has 6 nitrogen and oxygen atoms in total. The number of carbonyl (C=O) groups is 1. The highest BCUT2D eigenvalue weighted by Crippen LogP contribution is 2.39. The first-order valence-corrected chi connectivity index (χ1v) is 9.82. The summed E-state index contributed by atoms with van der Waals surface area (Å²) in [7, 11) is 0. The van der Waals surface area contributed by atoms with Crippen molar-refractivity contribution >= 4 is 28.5 Å². The van der Waals surface area contributed by atoms with Crippen molar-refractivity contribution in [1.29, 1.82) is 0 Å². The van der Waals surface area contributed by atoms with Crippen LogP contribution in [-0.4, -0.2) is 38.6 Å². The number of carboxylic acids is 1. The number of rotatable bonds is 3. The Bertz CT molecular complexity index is 1140. The zero-order valence-electron chi connectivity index (χ0n) is 15.1. The summed E-state index contributed by atoms with van der Waals surface area (Å²) in [6, 6.07) is 10.1. The maximum Gasteiger partial charge on any atom is 0.325 e. The van der Waals surface area contributed by atoms with E-state index in [-0.39, 0.29) is 17.4 Å². The molecule has 2 N–H and O–H groups in total. The zero-order chi connectivity index (χ0) is 19.4. The number of aliphatic carboxylic acids is 1. The van der Waals surface area contributed by atoms with Gasteiger partial charge in [-0.1, -0.05) is 23.7 Å². The summed E-state index contributed by atoms with van der Waals surface area (Å²) in [5.74, 6) is -0.419. The van der Waals surface area contributed by atoms with Gasteiger partial charge in [0.25, 0.3) is 5.56 Å². The third-order valence-electron chi connectivity index (χ3n) is 6.08. The minimum Gasteiger partial charge on any atom is -0.480 e. The number of piperidine rings is 1. The number of halogens is 1. The fourth-order valence-electron chi connectivity index (χ4n) is 4.98. The van der Waals surface area contributed by atoms with Gasteiger partial charge in [0.1, 0.15) is 6.04 Å². The van der Waals surface area contributed by atoms with E-state index in [1.807, 2.05) is 22.8 Å². The quantitative estimate of drug-likeness (QED) is 0.711. The fourth-order valence-corrected chi connectivity index (χ4v) is 5.15. The van der Waals surface area contributed by atoms with Gasteiger partial charge in [0.15, 0.2) is 0 Å². The number of aromatic amines is 1. The predicted octanol–water partition coefficient (Wildman–Crippen LogP) is 3.23. The molecule has 0 saturated carbocycles. The number of aromatic nitrogens is 2.